The average Bonchev–Trinajstić information content (AvgIpc) is 3.26. The first-order chi connectivity index (χ1) is 9.33. The van der Waals surface area contributed by atoms with E-state index in [1.807, 2.05) is 0 Å². The van der Waals surface area contributed by atoms with Crippen molar-refractivity contribution in [3.63, 3.8) is 0 Å². The van der Waals surface area contributed by atoms with E-state index in [9.17, 15) is 0 Å². The number of nitrogens with zero attached hydrogens (tertiary/aromatic N) is 1. The molecule has 2 nitrogen and oxygen atoms in total. The molecule has 106 valence electrons. The molecule has 2 rings (SSSR count). The van der Waals surface area contributed by atoms with Gasteiger partial charge in [-0.2, -0.15) is 0 Å². The van der Waals surface area contributed by atoms with Gasteiger partial charge in [0.05, 0.1) is 0 Å². The molecule has 0 amide bonds. The third-order valence-corrected chi connectivity index (χ3v) is 3.99. The molecule has 1 aliphatic carbocycles. The first-order valence-corrected chi connectivity index (χ1v) is 7.84. The highest BCUT2D eigenvalue weighted by atomic mass is 15.2. The summed E-state index contributed by atoms with van der Waals surface area (Å²) in [6, 6.07) is 12.3. The van der Waals surface area contributed by atoms with Gasteiger partial charge in [0, 0.05) is 25.2 Å². The number of nitrogens with one attached hydrogen (secondary N) is 1. The lowest BCUT2D eigenvalue weighted by Crippen LogP contribution is -2.42. The minimum absolute atomic E-state index is 0.677. The Morgan fingerprint density at radius 2 is 1.95 bits per heavy atom. The van der Waals surface area contributed by atoms with Crippen molar-refractivity contribution in [1.29, 1.82) is 0 Å². The second-order valence-electron chi connectivity index (χ2n) is 5.67. The van der Waals surface area contributed by atoms with Crippen LogP contribution in [0.4, 0.5) is 0 Å². The maximum Gasteiger partial charge on any atom is 0.0237 e. The van der Waals surface area contributed by atoms with Gasteiger partial charge in [-0.25, -0.2) is 0 Å². The predicted octanol–water partition coefficient (Wildman–Crippen LogP) is 3.43. The van der Waals surface area contributed by atoms with Crippen LogP contribution in [0.1, 0.15) is 45.1 Å². The molecule has 1 unspecified atom stereocenters. The second kappa shape index (κ2) is 7.66. The van der Waals surface area contributed by atoms with Crippen LogP contribution >= 0.6 is 0 Å². The largest absolute Gasteiger partial charge is 0.312 e. The van der Waals surface area contributed by atoms with Crippen LogP contribution in [0.15, 0.2) is 30.3 Å². The lowest BCUT2D eigenvalue weighted by atomic mass is 10.1. The molecule has 1 atom stereocenters. The molecule has 1 fully saturated rings. The number of rotatable bonds is 9. The summed E-state index contributed by atoms with van der Waals surface area (Å²) in [6.07, 6.45) is 5.32. The fourth-order valence-electron chi connectivity index (χ4n) is 2.65. The Morgan fingerprint density at radius 3 is 2.53 bits per heavy atom. The Bertz CT molecular complexity index is 346. The van der Waals surface area contributed by atoms with Crippen molar-refractivity contribution in [2.75, 3.05) is 13.1 Å². The summed E-state index contributed by atoms with van der Waals surface area (Å²) in [5.41, 5.74) is 1.43. The molecule has 19 heavy (non-hydrogen) atoms. The summed E-state index contributed by atoms with van der Waals surface area (Å²) in [6.45, 7) is 7.93. The van der Waals surface area contributed by atoms with Crippen LogP contribution < -0.4 is 5.32 Å². The highest BCUT2D eigenvalue weighted by Gasteiger charge is 2.23. The molecule has 1 aromatic carbocycles. The molecule has 0 aromatic heterocycles. The zero-order chi connectivity index (χ0) is 13.5. The van der Waals surface area contributed by atoms with Gasteiger partial charge < -0.3 is 5.32 Å². The van der Waals surface area contributed by atoms with Gasteiger partial charge in [0.1, 0.15) is 0 Å². The normalized spacial score (nSPS) is 16.8. The van der Waals surface area contributed by atoms with Gasteiger partial charge in [-0.05, 0) is 31.4 Å². The minimum Gasteiger partial charge on any atom is -0.312 e. The molecule has 0 aliphatic heterocycles. The van der Waals surface area contributed by atoms with Gasteiger partial charge in [0.15, 0.2) is 0 Å². The second-order valence-corrected chi connectivity index (χ2v) is 5.67. The Balaban J connectivity index is 1.90. The fourth-order valence-corrected chi connectivity index (χ4v) is 2.65. The molecule has 0 spiro atoms. The molecule has 1 aromatic rings. The van der Waals surface area contributed by atoms with Crippen LogP contribution in [-0.4, -0.2) is 30.1 Å². The average molecular weight is 260 g/mol. The number of likely N-dealkylation sites (N-methyl/N-ethyl adjacent to an activating group) is 1. The van der Waals surface area contributed by atoms with Crippen LogP contribution in [0.2, 0.25) is 0 Å². The first kappa shape index (κ1) is 14.5. The van der Waals surface area contributed by atoms with E-state index in [2.05, 4.69) is 54.4 Å². The Labute approximate surface area is 118 Å². The third kappa shape index (κ3) is 4.96. The minimum atomic E-state index is 0.677. The van der Waals surface area contributed by atoms with Crippen molar-refractivity contribution < 1.29 is 0 Å². The van der Waals surface area contributed by atoms with Crippen LogP contribution in [0.3, 0.4) is 0 Å². The maximum atomic E-state index is 3.70. The third-order valence-electron chi connectivity index (χ3n) is 3.99. The topological polar surface area (TPSA) is 15.3 Å². The van der Waals surface area contributed by atoms with E-state index in [1.54, 1.807) is 0 Å². The molecule has 0 bridgehead atoms. The number of hydrogen-bond acceptors (Lipinski definition) is 2. The SMILES string of the molecule is CCCC(CNC1CC1)N(CC)Cc1ccccc1. The summed E-state index contributed by atoms with van der Waals surface area (Å²) in [7, 11) is 0. The van der Waals surface area contributed by atoms with Crippen LogP contribution in [-0.2, 0) is 6.54 Å². The maximum absolute atomic E-state index is 3.70. The molecular weight excluding hydrogens is 232 g/mol. The smallest absolute Gasteiger partial charge is 0.0237 e. The van der Waals surface area contributed by atoms with E-state index in [-0.39, 0.29) is 0 Å². The van der Waals surface area contributed by atoms with E-state index < -0.39 is 0 Å². The number of hydrogen-bond donors (Lipinski definition) is 1. The Kier molecular flexibility index (Phi) is 5.87. The summed E-state index contributed by atoms with van der Waals surface area (Å²) < 4.78 is 0. The molecule has 2 heteroatoms. The van der Waals surface area contributed by atoms with E-state index in [0.29, 0.717) is 6.04 Å². The van der Waals surface area contributed by atoms with Crippen LogP contribution in [0.5, 0.6) is 0 Å². The molecular formula is C17H28N2. The van der Waals surface area contributed by atoms with E-state index in [4.69, 9.17) is 0 Å². The molecule has 0 saturated heterocycles. The van der Waals surface area contributed by atoms with Gasteiger partial charge >= 0.3 is 0 Å². The fraction of sp³-hybridized carbons (Fsp3) is 0.647. The zero-order valence-corrected chi connectivity index (χ0v) is 12.4. The van der Waals surface area contributed by atoms with Gasteiger partial charge in [0.2, 0.25) is 0 Å². The van der Waals surface area contributed by atoms with Crippen molar-refractivity contribution >= 4 is 0 Å². The van der Waals surface area contributed by atoms with Gasteiger partial charge in [-0.1, -0.05) is 50.6 Å². The van der Waals surface area contributed by atoms with Crippen molar-refractivity contribution in [1.82, 2.24) is 10.2 Å². The molecule has 0 heterocycles. The van der Waals surface area contributed by atoms with E-state index in [0.717, 1.165) is 25.7 Å². The highest BCUT2D eigenvalue weighted by Crippen LogP contribution is 2.19. The van der Waals surface area contributed by atoms with E-state index in [1.165, 1.54) is 31.2 Å². The lowest BCUT2D eigenvalue weighted by molar-refractivity contribution is 0.181. The summed E-state index contributed by atoms with van der Waals surface area (Å²) in [4.78, 5) is 2.62. The van der Waals surface area contributed by atoms with Crippen molar-refractivity contribution in [3.05, 3.63) is 35.9 Å². The predicted molar refractivity (Wildman–Crippen MR) is 82.2 cm³/mol. The highest BCUT2D eigenvalue weighted by molar-refractivity contribution is 5.14. The molecule has 1 N–H and O–H groups in total. The van der Waals surface area contributed by atoms with E-state index >= 15 is 0 Å². The van der Waals surface area contributed by atoms with Crippen LogP contribution in [0.25, 0.3) is 0 Å². The van der Waals surface area contributed by atoms with Gasteiger partial charge in [-0.15, -0.1) is 0 Å². The van der Waals surface area contributed by atoms with Gasteiger partial charge in [-0.3, -0.25) is 4.90 Å². The van der Waals surface area contributed by atoms with Crippen molar-refractivity contribution in [2.45, 2.75) is 58.2 Å². The quantitative estimate of drug-likeness (QED) is 0.732. The zero-order valence-electron chi connectivity index (χ0n) is 12.4. The van der Waals surface area contributed by atoms with Crippen molar-refractivity contribution in [2.24, 2.45) is 0 Å². The molecule has 1 saturated carbocycles. The summed E-state index contributed by atoms with van der Waals surface area (Å²) in [5.74, 6) is 0. The molecule has 0 radical (unpaired) electrons. The van der Waals surface area contributed by atoms with Gasteiger partial charge in [0.25, 0.3) is 0 Å². The summed E-state index contributed by atoms with van der Waals surface area (Å²) in [5, 5.41) is 3.70. The monoisotopic (exact) mass is 260 g/mol. The standard InChI is InChI=1S/C17H28N2/c1-3-8-17(13-18-16-11-12-16)19(4-2)14-15-9-6-5-7-10-15/h5-7,9-10,16-18H,3-4,8,11-14H2,1-2H3. The van der Waals surface area contributed by atoms with Crippen molar-refractivity contribution in [3.8, 4) is 0 Å². The first-order valence-electron chi connectivity index (χ1n) is 7.84. The summed E-state index contributed by atoms with van der Waals surface area (Å²) >= 11 is 0. The van der Waals surface area contributed by atoms with Crippen LogP contribution in [0, 0.1) is 0 Å². The lowest BCUT2D eigenvalue weighted by Gasteiger charge is -2.31. The Morgan fingerprint density at radius 1 is 1.21 bits per heavy atom. The number of benzene rings is 1. The Hall–Kier alpha value is -0.860. The molecule has 1 aliphatic rings.